The van der Waals surface area contributed by atoms with E-state index in [9.17, 15) is 0 Å². The number of benzene rings is 1. The first-order chi connectivity index (χ1) is 8.12. The smallest absolute Gasteiger partial charge is 0.0962 e. The van der Waals surface area contributed by atoms with E-state index in [0.29, 0.717) is 5.54 Å². The van der Waals surface area contributed by atoms with Crippen molar-refractivity contribution in [3.63, 3.8) is 0 Å². The molecule has 1 aromatic rings. The molecule has 0 N–H and O–H groups in total. The quantitative estimate of drug-likeness (QED) is 0.400. The molecular formula is C16H24Si. The zero-order valence-corrected chi connectivity index (χ0v) is 12.4. The van der Waals surface area contributed by atoms with Gasteiger partial charge in [0.15, 0.2) is 0 Å². The summed E-state index contributed by atoms with van der Waals surface area (Å²) in [5.41, 5.74) is 0.469. The largest absolute Gasteiger partial charge is 0.120 e. The third-order valence-corrected chi connectivity index (χ3v) is 7.71. The minimum atomic E-state index is -1.49. The summed E-state index contributed by atoms with van der Waals surface area (Å²) < 4.78 is 0. The van der Waals surface area contributed by atoms with E-state index in [1.54, 1.807) is 0 Å². The maximum Gasteiger partial charge on any atom is 0.0962 e. The van der Waals surface area contributed by atoms with Crippen LogP contribution < -0.4 is 5.19 Å². The average molecular weight is 244 g/mol. The van der Waals surface area contributed by atoms with Crippen LogP contribution in [0.4, 0.5) is 0 Å². The van der Waals surface area contributed by atoms with E-state index in [1.807, 2.05) is 0 Å². The topological polar surface area (TPSA) is 0 Å². The molecule has 1 heteroatoms. The molecule has 0 spiro atoms. The van der Waals surface area contributed by atoms with Crippen LogP contribution in [0.25, 0.3) is 0 Å². The molecular weight excluding hydrogens is 220 g/mol. The van der Waals surface area contributed by atoms with Crippen LogP contribution in [-0.4, -0.2) is 8.07 Å². The lowest BCUT2D eigenvalue weighted by molar-refractivity contribution is 0.672. The highest BCUT2D eigenvalue weighted by Gasteiger charge is 2.31. The van der Waals surface area contributed by atoms with Crippen molar-refractivity contribution in [1.29, 1.82) is 0 Å². The molecule has 0 bridgehead atoms. The third-order valence-electron chi connectivity index (χ3n) is 3.69. The first-order valence-corrected chi connectivity index (χ1v) is 9.72. The van der Waals surface area contributed by atoms with Gasteiger partial charge in [0, 0.05) is 5.54 Å². The number of hydrogen-bond acceptors (Lipinski definition) is 0. The van der Waals surface area contributed by atoms with Crippen LogP contribution in [0.1, 0.15) is 32.6 Å². The summed E-state index contributed by atoms with van der Waals surface area (Å²) in [7, 11) is -1.49. The molecule has 0 amide bonds. The Hall–Kier alpha value is -1.00. The predicted molar refractivity (Wildman–Crippen MR) is 80.3 cm³/mol. The van der Waals surface area contributed by atoms with Gasteiger partial charge in [0.1, 0.15) is 0 Å². The maximum absolute atomic E-state index is 5.76. The molecule has 0 nitrogen and oxygen atoms in total. The fourth-order valence-corrected chi connectivity index (χ4v) is 5.12. The summed E-state index contributed by atoms with van der Waals surface area (Å²) in [6.45, 7) is 7.04. The van der Waals surface area contributed by atoms with Crippen molar-refractivity contribution >= 4 is 13.3 Å². The average Bonchev–Trinajstić information content (AvgIpc) is 2.35. The minimum Gasteiger partial charge on any atom is -0.120 e. The van der Waals surface area contributed by atoms with Crippen molar-refractivity contribution in [1.82, 2.24) is 0 Å². The van der Waals surface area contributed by atoms with Crippen LogP contribution in [0, 0.1) is 12.3 Å². The van der Waals surface area contributed by atoms with Gasteiger partial charge in [0.2, 0.25) is 0 Å². The van der Waals surface area contributed by atoms with Gasteiger partial charge >= 0.3 is 0 Å². The SMILES string of the molecule is C#C[C@H](CCCCC)[Si](C)(C)c1ccccc1. The van der Waals surface area contributed by atoms with Gasteiger partial charge in [-0.3, -0.25) is 0 Å². The van der Waals surface area contributed by atoms with Crippen molar-refractivity contribution in [3.05, 3.63) is 30.3 Å². The summed E-state index contributed by atoms with van der Waals surface area (Å²) >= 11 is 0. The van der Waals surface area contributed by atoms with E-state index in [1.165, 1.54) is 30.9 Å². The molecule has 0 unspecified atom stereocenters. The monoisotopic (exact) mass is 244 g/mol. The van der Waals surface area contributed by atoms with Gasteiger partial charge in [-0.15, -0.1) is 12.3 Å². The Morgan fingerprint density at radius 1 is 1.18 bits per heavy atom. The maximum atomic E-state index is 5.76. The predicted octanol–water partition coefficient (Wildman–Crippen LogP) is 4.19. The standard InChI is InChI=1S/C16H24Si/c1-5-7-9-12-15(6-2)17(3,4)16-13-10-8-11-14-16/h2,8,10-11,13-15H,5,7,9,12H2,1,3-4H3/t15-/m1/s1. The van der Waals surface area contributed by atoms with Crippen molar-refractivity contribution in [2.75, 3.05) is 0 Å². The van der Waals surface area contributed by atoms with Gasteiger partial charge in [0.25, 0.3) is 0 Å². The minimum absolute atomic E-state index is 0.469. The van der Waals surface area contributed by atoms with Gasteiger partial charge in [0.05, 0.1) is 8.07 Å². The number of terminal acetylenes is 1. The summed E-state index contributed by atoms with van der Waals surface area (Å²) in [4.78, 5) is 0. The third kappa shape index (κ3) is 3.75. The molecule has 0 aliphatic carbocycles. The molecule has 1 rings (SSSR count). The van der Waals surface area contributed by atoms with Crippen LogP contribution in [0.2, 0.25) is 18.6 Å². The molecule has 0 saturated carbocycles. The second-order valence-corrected chi connectivity index (χ2v) is 10.0. The Morgan fingerprint density at radius 3 is 2.35 bits per heavy atom. The van der Waals surface area contributed by atoms with Crippen LogP contribution in [0.3, 0.4) is 0 Å². The molecule has 1 aromatic carbocycles. The second kappa shape index (κ2) is 6.66. The number of unbranched alkanes of at least 4 members (excludes halogenated alkanes) is 2. The van der Waals surface area contributed by atoms with Crippen LogP contribution in [0.15, 0.2) is 30.3 Å². The normalized spacial score (nSPS) is 13.1. The van der Waals surface area contributed by atoms with E-state index in [-0.39, 0.29) is 0 Å². The van der Waals surface area contributed by atoms with Crippen LogP contribution in [0.5, 0.6) is 0 Å². The van der Waals surface area contributed by atoms with Crippen molar-refractivity contribution in [2.45, 2.75) is 51.2 Å². The van der Waals surface area contributed by atoms with E-state index in [0.717, 1.165) is 0 Å². The Labute approximate surface area is 107 Å². The molecule has 0 aliphatic rings. The molecule has 17 heavy (non-hydrogen) atoms. The highest BCUT2D eigenvalue weighted by molar-refractivity contribution is 6.91. The summed E-state index contributed by atoms with van der Waals surface area (Å²) in [6.07, 6.45) is 10.8. The van der Waals surface area contributed by atoms with Gasteiger partial charge < -0.3 is 0 Å². The molecule has 0 fully saturated rings. The number of rotatable bonds is 6. The summed E-state index contributed by atoms with van der Waals surface area (Å²) in [6, 6.07) is 10.8. The van der Waals surface area contributed by atoms with Gasteiger partial charge in [-0.1, -0.05) is 74.8 Å². The highest BCUT2D eigenvalue weighted by Crippen LogP contribution is 2.27. The Bertz CT molecular complexity index is 359. The first-order valence-electron chi connectivity index (χ1n) is 6.64. The molecule has 0 aromatic heterocycles. The van der Waals surface area contributed by atoms with Gasteiger partial charge in [-0.25, -0.2) is 0 Å². The molecule has 0 radical (unpaired) electrons. The molecule has 0 aliphatic heterocycles. The molecule has 92 valence electrons. The first kappa shape index (κ1) is 14.1. The summed E-state index contributed by atoms with van der Waals surface area (Å²) in [5.74, 6) is 3.06. The Morgan fingerprint density at radius 2 is 1.82 bits per heavy atom. The lowest BCUT2D eigenvalue weighted by atomic mass is 10.1. The molecule has 1 atom stereocenters. The molecule has 0 heterocycles. The van der Waals surface area contributed by atoms with E-state index in [2.05, 4.69) is 56.3 Å². The fraction of sp³-hybridized carbons (Fsp3) is 0.500. The van der Waals surface area contributed by atoms with Crippen molar-refractivity contribution < 1.29 is 0 Å². The van der Waals surface area contributed by atoms with Gasteiger partial charge in [-0.2, -0.15) is 0 Å². The Balaban J connectivity index is 2.77. The lowest BCUT2D eigenvalue weighted by Gasteiger charge is -2.29. The zero-order chi connectivity index (χ0) is 12.7. The second-order valence-electron chi connectivity index (χ2n) is 5.30. The van der Waals surface area contributed by atoms with E-state index in [4.69, 9.17) is 6.42 Å². The van der Waals surface area contributed by atoms with Crippen molar-refractivity contribution in [2.24, 2.45) is 0 Å². The van der Waals surface area contributed by atoms with E-state index < -0.39 is 8.07 Å². The molecule has 0 saturated heterocycles. The fourth-order valence-electron chi connectivity index (χ4n) is 2.32. The van der Waals surface area contributed by atoms with E-state index >= 15 is 0 Å². The van der Waals surface area contributed by atoms with Crippen molar-refractivity contribution in [3.8, 4) is 12.3 Å². The highest BCUT2D eigenvalue weighted by atomic mass is 28.3. The Kier molecular flexibility index (Phi) is 5.51. The van der Waals surface area contributed by atoms with Gasteiger partial charge in [-0.05, 0) is 6.42 Å². The van der Waals surface area contributed by atoms with Crippen LogP contribution >= 0.6 is 0 Å². The number of hydrogen-bond donors (Lipinski definition) is 0. The lowest BCUT2D eigenvalue weighted by Crippen LogP contribution is -2.45. The zero-order valence-electron chi connectivity index (χ0n) is 11.4. The van der Waals surface area contributed by atoms with Crippen LogP contribution in [-0.2, 0) is 0 Å². The summed E-state index contributed by atoms with van der Waals surface area (Å²) in [5, 5.41) is 1.49.